The third-order valence-electron chi connectivity index (χ3n) is 5.86. The summed E-state index contributed by atoms with van der Waals surface area (Å²) in [6.07, 6.45) is -4.67. The van der Waals surface area contributed by atoms with Gasteiger partial charge >= 0.3 is 12.2 Å². The molecule has 1 aromatic heterocycles. The number of para-hydroxylation sites is 2. The molecule has 1 saturated heterocycles. The molecule has 0 saturated carbocycles. The lowest BCUT2D eigenvalue weighted by Crippen LogP contribution is -2.52. The molecule has 9 nitrogen and oxygen atoms in total. The summed E-state index contributed by atoms with van der Waals surface area (Å²) in [6.45, 7) is 3.96. The number of imidazole rings is 1. The number of halogens is 3. The van der Waals surface area contributed by atoms with E-state index in [2.05, 4.69) is 10.3 Å². The molecule has 0 radical (unpaired) electrons. The predicted octanol–water partition coefficient (Wildman–Crippen LogP) is 3.80. The Bertz CT molecular complexity index is 1220. The van der Waals surface area contributed by atoms with E-state index in [0.29, 0.717) is 19.2 Å². The second-order valence-corrected chi connectivity index (χ2v) is 7.96. The maximum absolute atomic E-state index is 12.9. The standard InChI is InChI=1S/C22H23F3N6O3/c1-15-27-17-4-2-3-5-18(17)30(15)9-8-26-21(32)29-12-10-28(11-13-29)19-7-6-16(22(23,24)25)14-20(19)31(33)34/h2-7,14H,8-13H2,1H3,(H,26,32). The molecule has 180 valence electrons. The highest BCUT2D eigenvalue weighted by atomic mass is 19.4. The van der Waals surface area contributed by atoms with Crippen LogP contribution in [-0.2, 0) is 12.7 Å². The Kier molecular flexibility index (Phi) is 6.31. The van der Waals surface area contributed by atoms with Gasteiger partial charge in [-0.05, 0) is 31.2 Å². The van der Waals surface area contributed by atoms with E-state index in [1.807, 2.05) is 35.8 Å². The van der Waals surface area contributed by atoms with Crippen molar-refractivity contribution < 1.29 is 22.9 Å². The van der Waals surface area contributed by atoms with E-state index < -0.39 is 22.4 Å². The fourth-order valence-corrected chi connectivity index (χ4v) is 4.13. The lowest BCUT2D eigenvalue weighted by atomic mass is 10.1. The molecule has 0 bridgehead atoms. The summed E-state index contributed by atoms with van der Waals surface area (Å²) in [6, 6.07) is 9.99. The van der Waals surface area contributed by atoms with Gasteiger partial charge in [-0.25, -0.2) is 9.78 Å². The van der Waals surface area contributed by atoms with Crippen LogP contribution in [0.2, 0.25) is 0 Å². The van der Waals surface area contributed by atoms with E-state index >= 15 is 0 Å². The van der Waals surface area contributed by atoms with Crippen molar-refractivity contribution >= 4 is 28.4 Å². The number of nitrogens with one attached hydrogen (secondary N) is 1. The number of carbonyl (C=O) groups is 1. The van der Waals surface area contributed by atoms with Crippen LogP contribution < -0.4 is 10.2 Å². The number of carbonyl (C=O) groups excluding carboxylic acids is 1. The topological polar surface area (TPSA) is 96.5 Å². The Morgan fingerprint density at radius 3 is 2.53 bits per heavy atom. The zero-order valence-electron chi connectivity index (χ0n) is 18.4. The number of anilines is 1. The summed E-state index contributed by atoms with van der Waals surface area (Å²) in [4.78, 5) is 30.9. The first-order valence-electron chi connectivity index (χ1n) is 10.7. The molecule has 1 aliphatic rings. The van der Waals surface area contributed by atoms with Gasteiger partial charge in [0.2, 0.25) is 0 Å². The second kappa shape index (κ2) is 9.20. The van der Waals surface area contributed by atoms with Gasteiger partial charge in [-0.3, -0.25) is 10.1 Å². The van der Waals surface area contributed by atoms with Crippen molar-refractivity contribution in [2.75, 3.05) is 37.6 Å². The summed E-state index contributed by atoms with van der Waals surface area (Å²) < 4.78 is 40.9. The third-order valence-corrected chi connectivity index (χ3v) is 5.86. The van der Waals surface area contributed by atoms with Gasteiger partial charge < -0.3 is 19.7 Å². The first-order valence-corrected chi connectivity index (χ1v) is 10.7. The van der Waals surface area contributed by atoms with Crippen LogP contribution in [0.1, 0.15) is 11.4 Å². The number of alkyl halides is 3. The van der Waals surface area contributed by atoms with Gasteiger partial charge in [-0.2, -0.15) is 13.2 Å². The molecule has 34 heavy (non-hydrogen) atoms. The van der Waals surface area contributed by atoms with Crippen LogP contribution in [0.3, 0.4) is 0 Å². The number of rotatable bonds is 5. The molecule has 1 aliphatic heterocycles. The SMILES string of the molecule is Cc1nc2ccccc2n1CCNC(=O)N1CCN(c2ccc(C(F)(F)F)cc2[N+](=O)[O-])CC1. The fraction of sp³-hybridized carbons (Fsp3) is 0.364. The normalized spacial score (nSPS) is 14.5. The minimum absolute atomic E-state index is 0.112. The zero-order valence-corrected chi connectivity index (χ0v) is 18.4. The molecule has 0 atom stereocenters. The number of piperazine rings is 1. The van der Waals surface area contributed by atoms with Gasteiger partial charge in [0.05, 0.1) is 21.5 Å². The van der Waals surface area contributed by atoms with E-state index in [1.165, 1.54) is 0 Å². The molecule has 0 aliphatic carbocycles. The molecule has 2 aromatic carbocycles. The number of nitro groups is 1. The number of urea groups is 1. The highest BCUT2D eigenvalue weighted by molar-refractivity contribution is 5.76. The minimum Gasteiger partial charge on any atom is -0.362 e. The van der Waals surface area contributed by atoms with Crippen LogP contribution in [-0.4, -0.2) is 58.1 Å². The van der Waals surface area contributed by atoms with Crippen LogP contribution >= 0.6 is 0 Å². The molecular weight excluding hydrogens is 453 g/mol. The highest BCUT2D eigenvalue weighted by Crippen LogP contribution is 2.36. The van der Waals surface area contributed by atoms with Crippen molar-refractivity contribution in [3.05, 3.63) is 64.0 Å². The molecule has 0 spiro atoms. The summed E-state index contributed by atoms with van der Waals surface area (Å²) in [5.41, 5.74) is 0.318. The van der Waals surface area contributed by atoms with E-state index in [9.17, 15) is 28.1 Å². The van der Waals surface area contributed by atoms with Gasteiger partial charge in [-0.1, -0.05) is 12.1 Å². The van der Waals surface area contributed by atoms with Crippen molar-refractivity contribution in [2.24, 2.45) is 0 Å². The number of benzene rings is 2. The Morgan fingerprint density at radius 2 is 1.85 bits per heavy atom. The first-order chi connectivity index (χ1) is 16.1. The van der Waals surface area contributed by atoms with Gasteiger partial charge in [0.15, 0.2) is 0 Å². The van der Waals surface area contributed by atoms with Crippen LogP contribution in [0.15, 0.2) is 42.5 Å². The van der Waals surface area contributed by atoms with E-state index in [4.69, 9.17) is 0 Å². The number of aromatic nitrogens is 2. The number of fused-ring (bicyclic) bond motifs is 1. The smallest absolute Gasteiger partial charge is 0.362 e. The molecule has 1 fully saturated rings. The lowest BCUT2D eigenvalue weighted by molar-refractivity contribution is -0.384. The van der Waals surface area contributed by atoms with E-state index in [-0.39, 0.29) is 37.9 Å². The average molecular weight is 476 g/mol. The first kappa shape index (κ1) is 23.3. The van der Waals surface area contributed by atoms with Crippen molar-refractivity contribution in [2.45, 2.75) is 19.6 Å². The van der Waals surface area contributed by atoms with Crippen LogP contribution in [0.25, 0.3) is 11.0 Å². The molecule has 0 unspecified atom stereocenters. The maximum atomic E-state index is 12.9. The number of hydrogen-bond donors (Lipinski definition) is 1. The van der Waals surface area contributed by atoms with Crippen LogP contribution in [0.4, 0.5) is 29.3 Å². The van der Waals surface area contributed by atoms with E-state index in [1.54, 1.807) is 9.80 Å². The Morgan fingerprint density at radius 1 is 1.15 bits per heavy atom. The van der Waals surface area contributed by atoms with Crippen molar-refractivity contribution in [3.8, 4) is 0 Å². The monoisotopic (exact) mass is 476 g/mol. The molecule has 3 aromatic rings. The summed E-state index contributed by atoms with van der Waals surface area (Å²) in [5, 5.41) is 14.2. The van der Waals surface area contributed by atoms with E-state index in [0.717, 1.165) is 29.0 Å². The van der Waals surface area contributed by atoms with Gasteiger partial charge in [0.25, 0.3) is 5.69 Å². The number of aryl methyl sites for hydroxylation is 1. The summed E-state index contributed by atoms with van der Waals surface area (Å²) in [7, 11) is 0. The molecule has 1 N–H and O–H groups in total. The highest BCUT2D eigenvalue weighted by Gasteiger charge is 2.34. The van der Waals surface area contributed by atoms with Crippen molar-refractivity contribution in [3.63, 3.8) is 0 Å². The van der Waals surface area contributed by atoms with Gasteiger partial charge in [-0.15, -0.1) is 0 Å². The molecular formula is C22H23F3N6O3. The Labute approximate surface area is 192 Å². The molecule has 2 heterocycles. The van der Waals surface area contributed by atoms with Gasteiger partial charge in [0, 0.05) is 45.3 Å². The number of hydrogen-bond acceptors (Lipinski definition) is 5. The quantitative estimate of drug-likeness (QED) is 0.446. The predicted molar refractivity (Wildman–Crippen MR) is 120 cm³/mol. The second-order valence-electron chi connectivity index (χ2n) is 7.96. The fourth-order valence-electron chi connectivity index (χ4n) is 4.13. The maximum Gasteiger partial charge on any atom is 0.416 e. The van der Waals surface area contributed by atoms with Crippen molar-refractivity contribution in [1.29, 1.82) is 0 Å². The Hall–Kier alpha value is -3.83. The summed E-state index contributed by atoms with van der Waals surface area (Å²) in [5.74, 6) is 0.849. The van der Waals surface area contributed by atoms with Crippen molar-refractivity contribution in [1.82, 2.24) is 19.8 Å². The molecule has 4 rings (SSSR count). The molecule has 2 amide bonds. The summed E-state index contributed by atoms with van der Waals surface area (Å²) >= 11 is 0. The molecule has 12 heteroatoms. The number of nitrogens with zero attached hydrogens (tertiary/aromatic N) is 5. The lowest BCUT2D eigenvalue weighted by Gasteiger charge is -2.35. The largest absolute Gasteiger partial charge is 0.416 e. The van der Waals surface area contributed by atoms with Gasteiger partial charge in [0.1, 0.15) is 11.5 Å². The number of nitro benzene ring substituents is 1. The van der Waals surface area contributed by atoms with Crippen LogP contribution in [0, 0.1) is 17.0 Å². The number of amides is 2. The minimum atomic E-state index is -4.67. The van der Waals surface area contributed by atoms with Crippen LogP contribution in [0.5, 0.6) is 0 Å². The Balaban J connectivity index is 1.34. The average Bonchev–Trinajstić information content (AvgIpc) is 3.13. The third kappa shape index (κ3) is 4.75. The zero-order chi connectivity index (χ0) is 24.5.